The molecule has 60 heavy (non-hydrogen) atoms. The molecule has 0 aromatic heterocycles. The van der Waals surface area contributed by atoms with Crippen LogP contribution in [-0.2, 0) is 19.4 Å². The molecule has 0 N–H and O–H groups in total. The zero-order valence-electron chi connectivity index (χ0n) is 34.4. The van der Waals surface area contributed by atoms with E-state index in [2.05, 4.69) is 273 Å². The van der Waals surface area contributed by atoms with E-state index in [0.29, 0.717) is 0 Å². The first kappa shape index (κ1) is 39.4. The third kappa shape index (κ3) is 7.52. The van der Waals surface area contributed by atoms with Crippen LogP contribution in [0.4, 0.5) is 11.4 Å². The number of benzene rings is 8. The van der Waals surface area contributed by atoms with Crippen LogP contribution in [0.1, 0.15) is 0 Å². The van der Waals surface area contributed by atoms with Gasteiger partial charge in [0.05, 0.1) is 0 Å². The summed E-state index contributed by atoms with van der Waals surface area (Å²) in [5.41, 5.74) is 16.9. The quantitative estimate of drug-likeness (QED) is 0.127. The zero-order valence-corrected chi connectivity index (χ0v) is 36.7. The molecule has 1 heterocycles. The summed E-state index contributed by atoms with van der Waals surface area (Å²) in [4.78, 5) is 9.66. The first-order chi connectivity index (χ1) is 29.4. The van der Waals surface area contributed by atoms with Crippen LogP contribution in [0.15, 0.2) is 206 Å². The van der Waals surface area contributed by atoms with Crippen LogP contribution < -0.4 is 9.62 Å². The van der Waals surface area contributed by atoms with Crippen LogP contribution in [0.2, 0.25) is 0 Å². The van der Waals surface area contributed by atoms with E-state index in [9.17, 15) is 0 Å². The summed E-state index contributed by atoms with van der Waals surface area (Å²) in [5.74, 6) is 0. The number of hydrogen-bond acceptors (Lipinski definition) is 4. The van der Waals surface area contributed by atoms with Gasteiger partial charge in [0, 0.05) is 0 Å². The number of rotatable bonds is 10. The van der Waals surface area contributed by atoms with E-state index in [1.165, 1.54) is 66.8 Å². The van der Waals surface area contributed by atoms with E-state index in [-0.39, 0.29) is 13.7 Å². The van der Waals surface area contributed by atoms with Gasteiger partial charge in [-0.25, -0.2) is 0 Å². The molecule has 8 aromatic rings. The van der Waals surface area contributed by atoms with Crippen molar-refractivity contribution < 1.29 is 19.4 Å². The monoisotopic (exact) mass is 955 g/mol. The van der Waals surface area contributed by atoms with Crippen LogP contribution in [0.3, 0.4) is 0 Å². The standard InChI is InChI=1S/C53H46B2N4.Pt/c1-56(2)54-55(57(3)4)59(47-37-33-45(34-38-47)53-50(42-23-13-7-14-24-42)29-18-30-51(53)43-25-15-8-16-26-43)39-58(54)46-35-31-44(32-36-46)52-48(40-19-9-5-10-20-40)27-17-28-49(52)41-21-11-6-12-22-41;/h5-38H,1-4H3;. The minimum atomic E-state index is 0.0398. The van der Waals surface area contributed by atoms with Gasteiger partial charge in [0.15, 0.2) is 0 Å². The Hall–Kier alpha value is -6.03. The fraction of sp³-hybridized carbons (Fsp3) is 0.0755. The van der Waals surface area contributed by atoms with Gasteiger partial charge in [0.1, 0.15) is 0 Å². The molecule has 0 radical (unpaired) electrons. The van der Waals surface area contributed by atoms with E-state index >= 15 is 0 Å². The van der Waals surface area contributed by atoms with Crippen LogP contribution in [0.25, 0.3) is 66.8 Å². The van der Waals surface area contributed by atoms with E-state index in [4.69, 9.17) is 0 Å². The van der Waals surface area contributed by atoms with Crippen molar-refractivity contribution in [2.75, 3.05) is 37.8 Å². The summed E-state index contributed by atoms with van der Waals surface area (Å²) in [6.07, 6.45) is 0. The predicted octanol–water partition coefficient (Wildman–Crippen LogP) is 11.8. The van der Waals surface area contributed by atoms with Gasteiger partial charge in [-0.2, -0.15) is 0 Å². The van der Waals surface area contributed by atoms with Gasteiger partial charge < -0.3 is 0 Å². The fourth-order valence-electron chi connectivity index (χ4n) is 8.82. The maximum absolute atomic E-state index is 2.55. The van der Waals surface area contributed by atoms with Crippen molar-refractivity contribution in [3.8, 4) is 66.8 Å². The SMILES string of the molecule is CN(C)B1B(N(C)C)N(c2ccc(-c3c(-c4ccccc4)cccc3-c3ccccc3)cc2)[C](=[Pt])N1c1ccc(-c2c(-c3ccccc3)cccc2-c2ccccc2)cc1. The topological polar surface area (TPSA) is 13.0 Å². The van der Waals surface area contributed by atoms with Crippen molar-refractivity contribution in [1.29, 1.82) is 0 Å². The molecule has 8 aromatic carbocycles. The molecular formula is C53H46B2N4Pt. The van der Waals surface area contributed by atoms with Crippen molar-refractivity contribution in [1.82, 2.24) is 9.62 Å². The van der Waals surface area contributed by atoms with Gasteiger partial charge in [-0.1, -0.05) is 0 Å². The van der Waals surface area contributed by atoms with Gasteiger partial charge in [0.2, 0.25) is 0 Å². The Morgan fingerprint density at radius 2 is 0.583 bits per heavy atom. The van der Waals surface area contributed by atoms with E-state index in [1.54, 1.807) is 0 Å². The average Bonchev–Trinajstić information content (AvgIpc) is 3.63. The molecule has 294 valence electrons. The third-order valence-electron chi connectivity index (χ3n) is 11.6. The number of hydrogen-bond donors (Lipinski definition) is 0. The van der Waals surface area contributed by atoms with E-state index < -0.39 is 0 Å². The van der Waals surface area contributed by atoms with E-state index in [0.717, 1.165) is 15.5 Å². The molecule has 1 saturated heterocycles. The molecule has 9 rings (SSSR count). The van der Waals surface area contributed by atoms with Crippen molar-refractivity contribution in [2.45, 2.75) is 0 Å². The molecule has 0 aliphatic carbocycles. The van der Waals surface area contributed by atoms with Gasteiger partial charge in [0.25, 0.3) is 0 Å². The normalized spacial score (nSPS) is 12.9. The van der Waals surface area contributed by atoms with Crippen LogP contribution >= 0.6 is 0 Å². The minimum absolute atomic E-state index is 0.0398. The molecular weight excluding hydrogens is 909 g/mol. The van der Waals surface area contributed by atoms with Crippen LogP contribution in [0.5, 0.6) is 0 Å². The molecule has 0 bridgehead atoms. The second kappa shape index (κ2) is 17.3. The van der Waals surface area contributed by atoms with Crippen molar-refractivity contribution in [3.05, 3.63) is 206 Å². The van der Waals surface area contributed by atoms with Gasteiger partial charge >= 0.3 is 369 Å². The van der Waals surface area contributed by atoms with Crippen LogP contribution in [-0.4, -0.2) is 55.7 Å². The summed E-state index contributed by atoms with van der Waals surface area (Å²) < 4.78 is 1.15. The first-order valence-electron chi connectivity index (χ1n) is 20.5. The third-order valence-corrected chi connectivity index (χ3v) is 12.7. The van der Waals surface area contributed by atoms with Crippen molar-refractivity contribution in [2.24, 2.45) is 0 Å². The number of nitrogens with zero attached hydrogens (tertiary/aromatic N) is 4. The summed E-state index contributed by atoms with van der Waals surface area (Å²) in [7, 11) is 8.75. The molecule has 7 heteroatoms. The Labute approximate surface area is 367 Å². The average molecular weight is 956 g/mol. The van der Waals surface area contributed by atoms with Gasteiger partial charge in [-0.3, -0.25) is 0 Å². The van der Waals surface area contributed by atoms with Gasteiger partial charge in [-0.15, -0.1) is 0 Å². The predicted molar refractivity (Wildman–Crippen MR) is 254 cm³/mol. The summed E-state index contributed by atoms with van der Waals surface area (Å²) in [5, 5.41) is 0. The molecule has 0 unspecified atom stereocenters. The number of anilines is 2. The maximum atomic E-state index is 2.55. The summed E-state index contributed by atoms with van der Waals surface area (Å²) >= 11 is 2.55. The Morgan fingerprint density at radius 3 is 0.833 bits per heavy atom. The second-order valence-electron chi connectivity index (χ2n) is 15.7. The first-order valence-corrected chi connectivity index (χ1v) is 21.6. The summed E-state index contributed by atoms with van der Waals surface area (Å²) in [6, 6.07) is 74.7. The Morgan fingerprint density at radius 1 is 0.317 bits per heavy atom. The Kier molecular flexibility index (Phi) is 11.4. The summed E-state index contributed by atoms with van der Waals surface area (Å²) in [6.45, 7) is 0.0796. The fourth-order valence-corrected chi connectivity index (χ4v) is 10.0. The molecule has 1 fully saturated rings. The molecule has 0 atom stereocenters. The molecule has 1 aliphatic rings. The Bertz CT molecular complexity index is 2420. The van der Waals surface area contributed by atoms with Gasteiger partial charge in [-0.05, 0) is 0 Å². The Balaban J connectivity index is 1.10. The molecule has 4 nitrogen and oxygen atoms in total. The molecule has 1 aliphatic heterocycles. The molecule has 0 spiro atoms. The zero-order chi connectivity index (χ0) is 41.2. The van der Waals surface area contributed by atoms with Crippen molar-refractivity contribution >= 4 is 29.3 Å². The molecule has 0 amide bonds. The second-order valence-corrected chi connectivity index (χ2v) is 16.8. The van der Waals surface area contributed by atoms with Crippen LogP contribution in [0, 0.1) is 0 Å². The molecule has 0 saturated carbocycles. The van der Waals surface area contributed by atoms with E-state index in [1.807, 2.05) is 0 Å². The van der Waals surface area contributed by atoms with Crippen molar-refractivity contribution in [3.63, 3.8) is 0 Å².